The summed E-state index contributed by atoms with van der Waals surface area (Å²) in [6, 6.07) is 2.71. The van der Waals surface area contributed by atoms with Gasteiger partial charge in [-0.25, -0.2) is 18.5 Å². The first kappa shape index (κ1) is 20.3. The van der Waals surface area contributed by atoms with Crippen molar-refractivity contribution in [1.29, 1.82) is 0 Å². The Morgan fingerprint density at radius 2 is 1.65 bits per heavy atom. The molecule has 5 nitrogen and oxygen atoms in total. The van der Waals surface area contributed by atoms with Crippen LogP contribution in [0, 0.1) is 23.5 Å². The average molecular weight is 367 g/mol. The van der Waals surface area contributed by atoms with E-state index in [9.17, 15) is 18.4 Å². The van der Waals surface area contributed by atoms with Gasteiger partial charge in [-0.1, -0.05) is 33.8 Å². The van der Waals surface area contributed by atoms with Crippen molar-refractivity contribution in [3.8, 4) is 0 Å². The fraction of sp³-hybridized carbons (Fsp3) is 0.579. The second-order valence-electron chi connectivity index (χ2n) is 7.88. The molecule has 26 heavy (non-hydrogen) atoms. The predicted molar refractivity (Wildman–Crippen MR) is 95.2 cm³/mol. The summed E-state index contributed by atoms with van der Waals surface area (Å²) in [4.78, 5) is 28.6. The number of rotatable bonds is 7. The first-order chi connectivity index (χ1) is 12.0. The minimum absolute atomic E-state index is 0.167. The molecule has 1 aromatic carbocycles. The van der Waals surface area contributed by atoms with Gasteiger partial charge in [-0.2, -0.15) is 0 Å². The Labute approximate surface area is 153 Å². The van der Waals surface area contributed by atoms with E-state index < -0.39 is 29.1 Å². The highest BCUT2D eigenvalue weighted by Gasteiger charge is 2.49. The van der Waals surface area contributed by atoms with Gasteiger partial charge >= 0.3 is 6.03 Å². The zero-order chi connectivity index (χ0) is 19.6. The van der Waals surface area contributed by atoms with E-state index in [4.69, 9.17) is 0 Å². The van der Waals surface area contributed by atoms with Gasteiger partial charge in [-0.15, -0.1) is 0 Å². The van der Waals surface area contributed by atoms with Crippen LogP contribution in [0.25, 0.3) is 0 Å². The summed E-state index contributed by atoms with van der Waals surface area (Å²) in [6.45, 7) is 11.5. The fourth-order valence-electron chi connectivity index (χ4n) is 3.25. The fourth-order valence-corrected chi connectivity index (χ4v) is 3.25. The molecule has 1 aliphatic heterocycles. The Bertz CT molecular complexity index is 683. The Balaban J connectivity index is 2.24. The van der Waals surface area contributed by atoms with Crippen LogP contribution in [0.5, 0.6) is 0 Å². The Hall–Kier alpha value is -2.02. The first-order valence-electron chi connectivity index (χ1n) is 8.86. The van der Waals surface area contributed by atoms with E-state index in [-0.39, 0.29) is 12.2 Å². The van der Waals surface area contributed by atoms with Crippen LogP contribution < -0.4 is 5.32 Å². The van der Waals surface area contributed by atoms with Gasteiger partial charge in [0.25, 0.3) is 5.91 Å². The molecule has 1 heterocycles. The normalized spacial score (nSPS) is 20.6. The Kier molecular flexibility index (Phi) is 6.01. The molecule has 2 rings (SSSR count). The summed E-state index contributed by atoms with van der Waals surface area (Å²) in [5, 5.41) is 2.63. The smallest absolute Gasteiger partial charge is 0.319 e. The number of imide groups is 1. The Morgan fingerprint density at radius 1 is 1.08 bits per heavy atom. The van der Waals surface area contributed by atoms with Crippen LogP contribution in [0.4, 0.5) is 13.6 Å². The topological polar surface area (TPSA) is 52.6 Å². The second-order valence-corrected chi connectivity index (χ2v) is 7.88. The molecule has 0 saturated carbocycles. The molecule has 0 spiro atoms. The summed E-state index contributed by atoms with van der Waals surface area (Å²) >= 11 is 0. The molecule has 1 fully saturated rings. The molecule has 1 aromatic rings. The largest absolute Gasteiger partial charge is 0.326 e. The van der Waals surface area contributed by atoms with Gasteiger partial charge in [-0.3, -0.25) is 9.69 Å². The first-order valence-corrected chi connectivity index (χ1v) is 8.86. The maximum atomic E-state index is 13.6. The highest BCUT2D eigenvalue weighted by molar-refractivity contribution is 6.07. The van der Waals surface area contributed by atoms with E-state index >= 15 is 0 Å². The molecule has 1 saturated heterocycles. The minimum Gasteiger partial charge on any atom is -0.319 e. The van der Waals surface area contributed by atoms with Crippen LogP contribution in [0.3, 0.4) is 0 Å². The molecule has 0 bridgehead atoms. The third-order valence-electron chi connectivity index (χ3n) is 4.36. The number of amides is 3. The molecular weight excluding hydrogens is 340 g/mol. The number of carbonyl (C=O) groups excluding carboxylic acids is 2. The number of hydrogen-bond acceptors (Lipinski definition) is 3. The molecule has 144 valence electrons. The molecule has 1 atom stereocenters. The van der Waals surface area contributed by atoms with Crippen molar-refractivity contribution in [3.05, 3.63) is 35.4 Å². The van der Waals surface area contributed by atoms with Gasteiger partial charge in [0, 0.05) is 13.1 Å². The zero-order valence-electron chi connectivity index (χ0n) is 16.0. The average Bonchev–Trinajstić information content (AvgIpc) is 2.73. The van der Waals surface area contributed by atoms with Crippen LogP contribution in [0.1, 0.15) is 40.2 Å². The number of carbonyl (C=O) groups is 2. The molecule has 3 amide bonds. The van der Waals surface area contributed by atoms with Gasteiger partial charge in [0.1, 0.15) is 5.54 Å². The monoisotopic (exact) mass is 367 g/mol. The SMILES string of the molecule is CC(C)CN(CC(C)C)CN1C(=O)NC(C)(c2ccc(F)c(F)c2)C1=O. The van der Waals surface area contributed by atoms with E-state index in [1.807, 2.05) is 0 Å². The lowest BCUT2D eigenvalue weighted by Gasteiger charge is -2.29. The van der Waals surface area contributed by atoms with Crippen LogP contribution in [-0.2, 0) is 10.3 Å². The summed E-state index contributed by atoms with van der Waals surface area (Å²) < 4.78 is 26.8. The number of halogens is 2. The zero-order valence-corrected chi connectivity index (χ0v) is 16.0. The van der Waals surface area contributed by atoms with Gasteiger partial charge < -0.3 is 5.32 Å². The summed E-state index contributed by atoms with van der Waals surface area (Å²) in [5.74, 6) is -1.75. The molecule has 0 aliphatic carbocycles. The minimum atomic E-state index is -1.41. The number of nitrogens with zero attached hydrogens (tertiary/aromatic N) is 2. The van der Waals surface area contributed by atoms with Crippen molar-refractivity contribution in [3.63, 3.8) is 0 Å². The van der Waals surface area contributed by atoms with Crippen molar-refractivity contribution in [2.24, 2.45) is 11.8 Å². The Morgan fingerprint density at radius 3 is 2.15 bits per heavy atom. The lowest BCUT2D eigenvalue weighted by atomic mass is 9.92. The lowest BCUT2D eigenvalue weighted by Crippen LogP contribution is -2.45. The third kappa shape index (κ3) is 4.20. The van der Waals surface area contributed by atoms with Crippen LogP contribution >= 0.6 is 0 Å². The number of hydrogen-bond donors (Lipinski definition) is 1. The van der Waals surface area contributed by atoms with E-state index in [1.165, 1.54) is 13.0 Å². The maximum Gasteiger partial charge on any atom is 0.326 e. The molecule has 0 aromatic heterocycles. The number of urea groups is 1. The quantitative estimate of drug-likeness (QED) is 0.753. The molecule has 1 aliphatic rings. The standard InChI is InChI=1S/C19H27F2N3O2/c1-12(2)9-23(10-13(3)4)11-24-17(25)19(5,22-18(24)26)14-6-7-15(20)16(21)8-14/h6-8,12-13H,9-11H2,1-5H3,(H,22,26). The van der Waals surface area contributed by atoms with Crippen LogP contribution in [0.15, 0.2) is 18.2 Å². The third-order valence-corrected chi connectivity index (χ3v) is 4.36. The summed E-state index contributed by atoms with van der Waals surface area (Å²) in [5.41, 5.74) is -1.19. The summed E-state index contributed by atoms with van der Waals surface area (Å²) in [7, 11) is 0. The van der Waals surface area contributed by atoms with Gasteiger partial charge in [0.05, 0.1) is 6.67 Å². The van der Waals surface area contributed by atoms with Crippen molar-refractivity contribution in [2.75, 3.05) is 19.8 Å². The van der Waals surface area contributed by atoms with Crippen molar-refractivity contribution >= 4 is 11.9 Å². The van der Waals surface area contributed by atoms with Gasteiger partial charge in [-0.05, 0) is 36.5 Å². The molecule has 0 radical (unpaired) electrons. The van der Waals surface area contributed by atoms with Gasteiger partial charge in [0.2, 0.25) is 0 Å². The highest BCUT2D eigenvalue weighted by Crippen LogP contribution is 2.30. The second kappa shape index (κ2) is 7.70. The maximum absolute atomic E-state index is 13.6. The predicted octanol–water partition coefficient (Wildman–Crippen LogP) is 3.30. The molecule has 7 heteroatoms. The van der Waals surface area contributed by atoms with E-state index in [2.05, 4.69) is 37.9 Å². The van der Waals surface area contributed by atoms with Crippen molar-refractivity contribution in [1.82, 2.24) is 15.1 Å². The lowest BCUT2D eigenvalue weighted by molar-refractivity contribution is -0.132. The van der Waals surface area contributed by atoms with Crippen LogP contribution in [0.2, 0.25) is 0 Å². The molecule has 1 N–H and O–H groups in total. The number of nitrogens with one attached hydrogen (secondary N) is 1. The molecule has 1 unspecified atom stereocenters. The van der Waals surface area contributed by atoms with E-state index in [0.717, 1.165) is 30.1 Å². The van der Waals surface area contributed by atoms with Crippen LogP contribution in [-0.4, -0.2) is 41.5 Å². The van der Waals surface area contributed by atoms with Crippen molar-refractivity contribution < 1.29 is 18.4 Å². The summed E-state index contributed by atoms with van der Waals surface area (Å²) in [6.07, 6.45) is 0. The van der Waals surface area contributed by atoms with Crippen molar-refractivity contribution in [2.45, 2.75) is 40.2 Å². The molecular formula is C19H27F2N3O2. The number of benzene rings is 1. The highest BCUT2D eigenvalue weighted by atomic mass is 19.2. The van der Waals surface area contributed by atoms with Gasteiger partial charge in [0.15, 0.2) is 11.6 Å². The van der Waals surface area contributed by atoms with E-state index in [1.54, 1.807) is 0 Å². The van der Waals surface area contributed by atoms with E-state index in [0.29, 0.717) is 11.8 Å².